The summed E-state index contributed by atoms with van der Waals surface area (Å²) in [6.07, 6.45) is 1.57. The molecular weight excluding hydrogens is 396 g/mol. The quantitative estimate of drug-likeness (QED) is 0.357. The second-order valence-corrected chi connectivity index (χ2v) is 7.80. The zero-order chi connectivity index (χ0) is 20.5. The molecule has 0 radical (unpaired) electrons. The molecule has 2 N–H and O–H groups in total. The van der Waals surface area contributed by atoms with Gasteiger partial charge >= 0.3 is 5.97 Å². The number of aromatic nitrogens is 3. The van der Waals surface area contributed by atoms with Crippen LogP contribution in [0, 0.1) is 0 Å². The molecule has 148 valence electrons. The number of ether oxygens (including phenoxy) is 1. The number of esters is 1. The Hall–Kier alpha value is -3.71. The average molecular weight is 414 g/mol. The van der Waals surface area contributed by atoms with Gasteiger partial charge in [-0.2, -0.15) is 0 Å². The summed E-state index contributed by atoms with van der Waals surface area (Å²) < 4.78 is 6.07. The van der Waals surface area contributed by atoms with Gasteiger partial charge in [0.25, 0.3) is 0 Å². The number of anilines is 2. The van der Waals surface area contributed by atoms with E-state index in [4.69, 9.17) is 4.74 Å². The van der Waals surface area contributed by atoms with Gasteiger partial charge in [0, 0.05) is 21.5 Å². The normalized spacial score (nSPS) is 11.1. The fourth-order valence-corrected chi connectivity index (χ4v) is 4.42. The van der Waals surface area contributed by atoms with Crippen LogP contribution in [0.4, 0.5) is 11.5 Å². The minimum Gasteiger partial charge on any atom is -0.461 e. The van der Waals surface area contributed by atoms with Crippen LogP contribution in [0.3, 0.4) is 0 Å². The van der Waals surface area contributed by atoms with Gasteiger partial charge in [-0.3, -0.25) is 0 Å². The molecule has 0 aliphatic carbocycles. The van der Waals surface area contributed by atoms with E-state index in [1.807, 2.05) is 36.4 Å². The molecule has 7 heteroatoms. The van der Waals surface area contributed by atoms with Crippen molar-refractivity contribution >= 4 is 49.9 Å². The van der Waals surface area contributed by atoms with E-state index in [9.17, 15) is 4.79 Å². The molecule has 0 spiro atoms. The van der Waals surface area contributed by atoms with Crippen molar-refractivity contribution < 1.29 is 9.53 Å². The first-order chi connectivity index (χ1) is 14.7. The number of aromatic amines is 1. The average Bonchev–Trinajstić information content (AvgIpc) is 3.39. The number of fused-ring (bicyclic) bond motifs is 2. The van der Waals surface area contributed by atoms with Crippen LogP contribution in [0.25, 0.3) is 31.6 Å². The minimum atomic E-state index is -0.354. The molecule has 3 aromatic heterocycles. The van der Waals surface area contributed by atoms with Crippen LogP contribution in [0.1, 0.15) is 17.4 Å². The smallest absolute Gasteiger partial charge is 0.354 e. The monoisotopic (exact) mass is 414 g/mol. The van der Waals surface area contributed by atoms with Crippen LogP contribution < -0.4 is 5.32 Å². The summed E-state index contributed by atoms with van der Waals surface area (Å²) in [5, 5.41) is 4.32. The molecule has 0 bridgehead atoms. The van der Waals surface area contributed by atoms with Crippen molar-refractivity contribution in [2.75, 3.05) is 11.9 Å². The van der Waals surface area contributed by atoms with Crippen LogP contribution in [-0.4, -0.2) is 27.5 Å². The predicted octanol–water partition coefficient (Wildman–Crippen LogP) is 5.76. The van der Waals surface area contributed by atoms with Crippen molar-refractivity contribution in [3.05, 3.63) is 72.7 Å². The molecule has 5 rings (SSSR count). The van der Waals surface area contributed by atoms with E-state index in [0.29, 0.717) is 12.3 Å². The van der Waals surface area contributed by atoms with Gasteiger partial charge in [-0.05, 0) is 42.8 Å². The number of rotatable bonds is 5. The molecule has 0 atom stereocenters. The Labute approximate surface area is 176 Å². The molecule has 0 saturated carbocycles. The second-order valence-electron chi connectivity index (χ2n) is 6.74. The summed E-state index contributed by atoms with van der Waals surface area (Å²) in [5.41, 5.74) is 4.26. The van der Waals surface area contributed by atoms with Gasteiger partial charge in [-0.15, -0.1) is 11.3 Å². The lowest BCUT2D eigenvalue weighted by molar-refractivity contribution is 0.0520. The third-order valence-electron chi connectivity index (χ3n) is 4.75. The fraction of sp³-hybridized carbons (Fsp3) is 0.0870. The largest absolute Gasteiger partial charge is 0.461 e. The van der Waals surface area contributed by atoms with Gasteiger partial charge in [-0.1, -0.05) is 30.3 Å². The molecule has 3 heterocycles. The number of hydrogen-bond donors (Lipinski definition) is 2. The molecule has 0 unspecified atom stereocenters. The molecule has 0 aliphatic rings. The van der Waals surface area contributed by atoms with Crippen molar-refractivity contribution in [3.8, 4) is 10.4 Å². The van der Waals surface area contributed by atoms with Crippen LogP contribution in [0.2, 0.25) is 0 Å². The highest BCUT2D eigenvalue weighted by molar-refractivity contribution is 7.22. The zero-order valence-corrected chi connectivity index (χ0v) is 17.0. The first-order valence-electron chi connectivity index (χ1n) is 9.58. The number of hydrogen-bond acceptors (Lipinski definition) is 6. The second kappa shape index (κ2) is 7.61. The molecular formula is C23H18N4O2S. The van der Waals surface area contributed by atoms with Gasteiger partial charge < -0.3 is 15.0 Å². The molecule has 0 fully saturated rings. The summed E-state index contributed by atoms with van der Waals surface area (Å²) >= 11 is 1.66. The maximum absolute atomic E-state index is 12.0. The molecule has 30 heavy (non-hydrogen) atoms. The molecule has 6 nitrogen and oxygen atoms in total. The van der Waals surface area contributed by atoms with Crippen molar-refractivity contribution in [3.63, 3.8) is 0 Å². The Morgan fingerprint density at radius 3 is 2.80 bits per heavy atom. The van der Waals surface area contributed by atoms with Crippen molar-refractivity contribution in [1.82, 2.24) is 15.0 Å². The van der Waals surface area contributed by atoms with Gasteiger partial charge in [0.15, 0.2) is 5.82 Å². The number of benzene rings is 2. The Bertz CT molecular complexity index is 1360. The molecule has 0 amide bonds. The highest BCUT2D eigenvalue weighted by Crippen LogP contribution is 2.36. The van der Waals surface area contributed by atoms with E-state index in [-0.39, 0.29) is 5.97 Å². The molecule has 0 aliphatic heterocycles. The Balaban J connectivity index is 1.48. The lowest BCUT2D eigenvalue weighted by atomic mass is 10.2. The number of nitrogens with one attached hydrogen (secondary N) is 2. The van der Waals surface area contributed by atoms with Gasteiger partial charge in [0.1, 0.15) is 12.0 Å². The minimum absolute atomic E-state index is 0.344. The summed E-state index contributed by atoms with van der Waals surface area (Å²) in [6, 6.07) is 20.0. The maximum atomic E-state index is 12.0. The summed E-state index contributed by atoms with van der Waals surface area (Å²) in [5.74, 6) is 0.403. The molecule has 0 saturated heterocycles. The topological polar surface area (TPSA) is 79.9 Å². The van der Waals surface area contributed by atoms with E-state index in [2.05, 4.69) is 38.5 Å². The van der Waals surface area contributed by atoms with Gasteiger partial charge in [-0.25, -0.2) is 14.8 Å². The number of carbonyl (C=O) groups is 1. The lowest BCUT2D eigenvalue weighted by Crippen LogP contribution is -2.04. The first-order valence-corrected chi connectivity index (χ1v) is 10.4. The van der Waals surface area contributed by atoms with Crippen molar-refractivity contribution in [2.24, 2.45) is 0 Å². The predicted molar refractivity (Wildman–Crippen MR) is 120 cm³/mol. The maximum Gasteiger partial charge on any atom is 0.354 e. The lowest BCUT2D eigenvalue weighted by Gasteiger charge is -2.06. The standard InChI is InChI=1S/C23H18N4O2S/c1-2-29-23(28)19-11-15-10-16(8-9-17(15)27-19)26-22-21-18(24-13-25-22)12-20(30-21)14-6-4-3-5-7-14/h3-13,27H,2H2,1H3,(H,24,25,26). The van der Waals surface area contributed by atoms with Gasteiger partial charge in [0.05, 0.1) is 16.8 Å². The highest BCUT2D eigenvalue weighted by Gasteiger charge is 2.13. The fourth-order valence-electron chi connectivity index (χ4n) is 3.35. The summed E-state index contributed by atoms with van der Waals surface area (Å²) in [7, 11) is 0. The van der Waals surface area contributed by atoms with Crippen LogP contribution in [0.5, 0.6) is 0 Å². The third-order valence-corrected chi connectivity index (χ3v) is 5.93. The summed E-state index contributed by atoms with van der Waals surface area (Å²) in [6.45, 7) is 2.13. The zero-order valence-electron chi connectivity index (χ0n) is 16.2. The number of carbonyl (C=O) groups excluding carboxylic acids is 1. The Morgan fingerprint density at radius 2 is 1.97 bits per heavy atom. The van der Waals surface area contributed by atoms with E-state index in [0.717, 1.165) is 43.1 Å². The summed E-state index contributed by atoms with van der Waals surface area (Å²) in [4.78, 5) is 25.1. The van der Waals surface area contributed by atoms with Gasteiger partial charge in [0.2, 0.25) is 0 Å². The number of H-pyrrole nitrogens is 1. The van der Waals surface area contributed by atoms with Crippen LogP contribution >= 0.6 is 11.3 Å². The Kier molecular flexibility index (Phi) is 4.65. The van der Waals surface area contributed by atoms with Crippen molar-refractivity contribution in [1.29, 1.82) is 0 Å². The van der Waals surface area contributed by atoms with E-state index in [1.54, 1.807) is 30.7 Å². The van der Waals surface area contributed by atoms with Crippen LogP contribution in [0.15, 0.2) is 67.0 Å². The SMILES string of the molecule is CCOC(=O)c1cc2cc(Nc3ncnc4cc(-c5ccccc5)sc34)ccc2[nH]1. The Morgan fingerprint density at radius 1 is 1.10 bits per heavy atom. The van der Waals surface area contributed by atoms with E-state index >= 15 is 0 Å². The van der Waals surface area contributed by atoms with Crippen molar-refractivity contribution in [2.45, 2.75) is 6.92 Å². The van der Waals surface area contributed by atoms with E-state index < -0.39 is 0 Å². The third kappa shape index (κ3) is 3.40. The molecule has 2 aromatic carbocycles. The highest BCUT2D eigenvalue weighted by atomic mass is 32.1. The number of nitrogens with zero attached hydrogens (tertiary/aromatic N) is 2. The first kappa shape index (κ1) is 18.3. The van der Waals surface area contributed by atoms with Crippen LogP contribution in [-0.2, 0) is 4.74 Å². The molecule has 5 aromatic rings. The van der Waals surface area contributed by atoms with E-state index in [1.165, 1.54) is 0 Å². The number of thiophene rings is 1.